The molecule has 0 aliphatic carbocycles. The number of aromatic nitrogens is 2. The van der Waals surface area contributed by atoms with Crippen LogP contribution in [0.2, 0.25) is 0 Å². The van der Waals surface area contributed by atoms with Crippen molar-refractivity contribution in [3.8, 4) is 0 Å². The minimum atomic E-state index is 0.143. The molecular formula is C16H20N2O. The van der Waals surface area contributed by atoms with Gasteiger partial charge in [0, 0.05) is 17.8 Å². The highest BCUT2D eigenvalue weighted by Gasteiger charge is 2.14. The van der Waals surface area contributed by atoms with Crippen molar-refractivity contribution in [3.63, 3.8) is 0 Å². The normalized spacial score (nSPS) is 11.0. The Kier molecular flexibility index (Phi) is 3.84. The molecule has 0 bridgehead atoms. The van der Waals surface area contributed by atoms with Crippen molar-refractivity contribution in [2.75, 3.05) is 0 Å². The zero-order chi connectivity index (χ0) is 14.0. The lowest BCUT2D eigenvalue weighted by Gasteiger charge is -2.07. The van der Waals surface area contributed by atoms with E-state index in [1.54, 1.807) is 0 Å². The number of carbonyl (C=O) groups excluding carboxylic acids is 1. The van der Waals surface area contributed by atoms with Crippen molar-refractivity contribution in [1.82, 2.24) is 9.78 Å². The molecule has 19 heavy (non-hydrogen) atoms. The monoisotopic (exact) mass is 256 g/mol. The minimum Gasteiger partial charge on any atom is -0.294 e. The number of benzene rings is 1. The molecule has 3 nitrogen and oxygen atoms in total. The molecule has 1 aromatic carbocycles. The molecule has 0 unspecified atom stereocenters. The second kappa shape index (κ2) is 5.39. The van der Waals surface area contributed by atoms with Crippen LogP contribution < -0.4 is 0 Å². The number of hydrogen-bond acceptors (Lipinski definition) is 2. The Morgan fingerprint density at radius 2 is 1.84 bits per heavy atom. The Morgan fingerprint density at radius 1 is 1.21 bits per heavy atom. The molecule has 0 fully saturated rings. The quantitative estimate of drug-likeness (QED) is 0.785. The van der Waals surface area contributed by atoms with Gasteiger partial charge in [0.1, 0.15) is 0 Å². The number of nitrogens with zero attached hydrogens (tertiary/aromatic N) is 2. The van der Waals surface area contributed by atoms with Crippen LogP contribution in [0.1, 0.15) is 47.1 Å². The number of Topliss-reactive ketones (excluding diaryl/α,β-unsaturated/α-hetero) is 1. The molecule has 0 saturated heterocycles. The van der Waals surface area contributed by atoms with E-state index in [9.17, 15) is 4.79 Å². The van der Waals surface area contributed by atoms with Crippen LogP contribution in [0, 0.1) is 13.8 Å². The molecule has 2 aromatic rings. The smallest absolute Gasteiger partial charge is 0.169 e. The predicted molar refractivity (Wildman–Crippen MR) is 76.6 cm³/mol. The van der Waals surface area contributed by atoms with E-state index in [4.69, 9.17) is 0 Å². The molecule has 0 saturated carbocycles. The van der Waals surface area contributed by atoms with Crippen LogP contribution in [0.5, 0.6) is 0 Å². The maximum atomic E-state index is 12.4. The minimum absolute atomic E-state index is 0.143. The van der Waals surface area contributed by atoms with Gasteiger partial charge in [-0.1, -0.05) is 18.2 Å². The summed E-state index contributed by atoms with van der Waals surface area (Å²) in [6.07, 6.45) is 2.30. The van der Waals surface area contributed by atoms with E-state index < -0.39 is 0 Å². The molecule has 0 aliphatic heterocycles. The second-order valence-corrected chi connectivity index (χ2v) is 5.25. The van der Waals surface area contributed by atoms with Crippen LogP contribution in [0.25, 0.3) is 0 Å². The Balaban J connectivity index is 2.21. The fraction of sp³-hybridized carbons (Fsp3) is 0.375. The van der Waals surface area contributed by atoms with Crippen molar-refractivity contribution >= 4 is 5.78 Å². The summed E-state index contributed by atoms with van der Waals surface area (Å²) in [5, 5.41) is 4.43. The van der Waals surface area contributed by atoms with Gasteiger partial charge in [-0.3, -0.25) is 9.48 Å². The molecule has 0 N–H and O–H groups in total. The average molecular weight is 256 g/mol. The third-order valence-electron chi connectivity index (χ3n) is 3.29. The van der Waals surface area contributed by atoms with Gasteiger partial charge in [0.2, 0.25) is 0 Å². The summed E-state index contributed by atoms with van der Waals surface area (Å²) in [6.45, 7) is 8.11. The van der Waals surface area contributed by atoms with Crippen molar-refractivity contribution in [1.29, 1.82) is 0 Å². The summed E-state index contributed by atoms with van der Waals surface area (Å²) in [6, 6.07) is 8.18. The van der Waals surface area contributed by atoms with Crippen LogP contribution in [0.3, 0.4) is 0 Å². The standard InChI is InChI=1S/C16H20N2O/c1-11(2)18-9-8-14(17-18)10-15(19)16-12(3)6-5-7-13(16)4/h5-9,11H,10H2,1-4H3. The number of hydrogen-bond donors (Lipinski definition) is 0. The first-order valence-electron chi connectivity index (χ1n) is 6.62. The summed E-state index contributed by atoms with van der Waals surface area (Å²) in [5.41, 5.74) is 3.74. The maximum absolute atomic E-state index is 12.4. The van der Waals surface area contributed by atoms with Crippen molar-refractivity contribution in [2.45, 2.75) is 40.2 Å². The van der Waals surface area contributed by atoms with Gasteiger partial charge in [-0.2, -0.15) is 5.10 Å². The molecule has 2 rings (SSSR count). The number of ketones is 1. The summed E-state index contributed by atoms with van der Waals surface area (Å²) >= 11 is 0. The lowest BCUT2D eigenvalue weighted by molar-refractivity contribution is 0.0990. The Labute approximate surface area is 114 Å². The highest BCUT2D eigenvalue weighted by molar-refractivity contribution is 5.99. The molecule has 0 atom stereocenters. The predicted octanol–water partition coefficient (Wildman–Crippen LogP) is 3.51. The largest absolute Gasteiger partial charge is 0.294 e. The fourth-order valence-corrected chi connectivity index (χ4v) is 2.27. The Morgan fingerprint density at radius 3 is 2.37 bits per heavy atom. The van der Waals surface area contributed by atoms with Crippen LogP contribution in [-0.2, 0) is 6.42 Å². The highest BCUT2D eigenvalue weighted by atomic mass is 16.1. The maximum Gasteiger partial charge on any atom is 0.169 e. The van der Waals surface area contributed by atoms with E-state index >= 15 is 0 Å². The molecule has 0 amide bonds. The zero-order valence-corrected chi connectivity index (χ0v) is 12.0. The first-order chi connectivity index (χ1) is 8.99. The molecule has 1 heterocycles. The van der Waals surface area contributed by atoms with Gasteiger partial charge in [-0.15, -0.1) is 0 Å². The highest BCUT2D eigenvalue weighted by Crippen LogP contribution is 2.16. The van der Waals surface area contributed by atoms with E-state index in [1.807, 2.05) is 49.0 Å². The average Bonchev–Trinajstić information content (AvgIpc) is 2.77. The molecule has 0 radical (unpaired) electrons. The third kappa shape index (κ3) is 2.92. The summed E-state index contributed by atoms with van der Waals surface area (Å²) in [4.78, 5) is 12.4. The van der Waals surface area contributed by atoms with Crippen LogP contribution >= 0.6 is 0 Å². The summed E-state index contributed by atoms with van der Waals surface area (Å²) in [5.74, 6) is 0.143. The van der Waals surface area contributed by atoms with Gasteiger partial charge >= 0.3 is 0 Å². The van der Waals surface area contributed by atoms with Gasteiger partial charge < -0.3 is 0 Å². The summed E-state index contributed by atoms with van der Waals surface area (Å²) in [7, 11) is 0. The first-order valence-corrected chi connectivity index (χ1v) is 6.62. The van der Waals surface area contributed by atoms with E-state index in [-0.39, 0.29) is 5.78 Å². The lowest BCUT2D eigenvalue weighted by atomic mass is 9.97. The zero-order valence-electron chi connectivity index (χ0n) is 12.0. The van der Waals surface area contributed by atoms with Gasteiger partial charge in [0.15, 0.2) is 5.78 Å². The number of rotatable bonds is 4. The lowest BCUT2D eigenvalue weighted by Crippen LogP contribution is -2.09. The van der Waals surface area contributed by atoms with E-state index in [0.717, 1.165) is 22.4 Å². The molecule has 1 aromatic heterocycles. The van der Waals surface area contributed by atoms with Gasteiger partial charge in [-0.25, -0.2) is 0 Å². The molecule has 3 heteroatoms. The van der Waals surface area contributed by atoms with Gasteiger partial charge in [-0.05, 0) is 44.9 Å². The van der Waals surface area contributed by atoms with E-state index in [1.165, 1.54) is 0 Å². The van der Waals surface area contributed by atoms with Crippen molar-refractivity contribution < 1.29 is 4.79 Å². The second-order valence-electron chi connectivity index (χ2n) is 5.25. The Hall–Kier alpha value is -1.90. The number of aryl methyl sites for hydroxylation is 2. The topological polar surface area (TPSA) is 34.9 Å². The molecule has 0 aliphatic rings. The van der Waals surface area contributed by atoms with E-state index in [2.05, 4.69) is 18.9 Å². The fourth-order valence-electron chi connectivity index (χ4n) is 2.27. The van der Waals surface area contributed by atoms with Crippen LogP contribution in [-0.4, -0.2) is 15.6 Å². The SMILES string of the molecule is Cc1cccc(C)c1C(=O)Cc1ccn(C(C)C)n1. The van der Waals surface area contributed by atoms with Crippen molar-refractivity contribution in [3.05, 3.63) is 52.8 Å². The van der Waals surface area contributed by atoms with Gasteiger partial charge in [0.25, 0.3) is 0 Å². The van der Waals surface area contributed by atoms with Crippen LogP contribution in [0.15, 0.2) is 30.5 Å². The molecule has 100 valence electrons. The Bertz CT molecular complexity index is 576. The van der Waals surface area contributed by atoms with Gasteiger partial charge in [0.05, 0.1) is 12.1 Å². The summed E-state index contributed by atoms with van der Waals surface area (Å²) < 4.78 is 1.88. The van der Waals surface area contributed by atoms with E-state index in [0.29, 0.717) is 12.5 Å². The van der Waals surface area contributed by atoms with Crippen LogP contribution in [0.4, 0.5) is 0 Å². The van der Waals surface area contributed by atoms with Crippen molar-refractivity contribution in [2.24, 2.45) is 0 Å². The third-order valence-corrected chi connectivity index (χ3v) is 3.29. The molecular weight excluding hydrogens is 236 g/mol. The molecule has 0 spiro atoms. The first kappa shape index (κ1) is 13.5. The number of carbonyl (C=O) groups is 1.